The van der Waals surface area contributed by atoms with E-state index in [2.05, 4.69) is 16.5 Å². The highest BCUT2D eigenvalue weighted by Gasteiger charge is 2.21. The number of rotatable bonds is 1. The van der Waals surface area contributed by atoms with Gasteiger partial charge in [-0.1, -0.05) is 17.3 Å². The maximum atomic E-state index is 5.46. The molecule has 0 unspecified atom stereocenters. The predicted octanol–water partition coefficient (Wildman–Crippen LogP) is 2.29. The van der Waals surface area contributed by atoms with Crippen LogP contribution < -0.4 is 5.32 Å². The number of benzene rings is 1. The molecule has 15 heavy (non-hydrogen) atoms. The van der Waals surface area contributed by atoms with Crippen LogP contribution in [-0.2, 0) is 0 Å². The van der Waals surface area contributed by atoms with Gasteiger partial charge < -0.3 is 9.84 Å². The zero-order chi connectivity index (χ0) is 10.1. The predicted molar refractivity (Wildman–Crippen MR) is 58.9 cm³/mol. The molecule has 1 atom stereocenters. The lowest BCUT2D eigenvalue weighted by molar-refractivity contribution is 0.335. The molecule has 0 amide bonds. The van der Waals surface area contributed by atoms with Crippen LogP contribution in [0.5, 0.6) is 0 Å². The largest absolute Gasteiger partial charge is 0.360 e. The van der Waals surface area contributed by atoms with Crippen LogP contribution >= 0.6 is 0 Å². The van der Waals surface area contributed by atoms with Crippen LogP contribution in [-0.4, -0.2) is 18.2 Å². The molecule has 1 aliphatic rings. The molecule has 78 valence electrons. The molecule has 1 fully saturated rings. The highest BCUT2D eigenvalue weighted by molar-refractivity contribution is 5.80. The molecule has 3 rings (SSSR count). The molecule has 1 aromatic carbocycles. The van der Waals surface area contributed by atoms with Crippen molar-refractivity contribution in [2.24, 2.45) is 0 Å². The quantitative estimate of drug-likeness (QED) is 0.771. The van der Waals surface area contributed by atoms with E-state index in [9.17, 15) is 0 Å². The van der Waals surface area contributed by atoms with Gasteiger partial charge >= 0.3 is 0 Å². The lowest BCUT2D eigenvalue weighted by Crippen LogP contribution is -2.28. The summed E-state index contributed by atoms with van der Waals surface area (Å²) in [5, 5.41) is 8.66. The second-order valence-electron chi connectivity index (χ2n) is 4.11. The van der Waals surface area contributed by atoms with Crippen molar-refractivity contribution in [1.29, 1.82) is 0 Å². The van der Waals surface area contributed by atoms with E-state index in [0.29, 0.717) is 5.92 Å². The second-order valence-corrected chi connectivity index (χ2v) is 4.11. The number of nitrogens with zero attached hydrogens (tertiary/aromatic N) is 1. The van der Waals surface area contributed by atoms with Crippen molar-refractivity contribution in [2.75, 3.05) is 13.1 Å². The van der Waals surface area contributed by atoms with Crippen molar-refractivity contribution in [3.63, 3.8) is 0 Å². The summed E-state index contributed by atoms with van der Waals surface area (Å²) in [5.74, 6) is 1.55. The van der Waals surface area contributed by atoms with Crippen molar-refractivity contribution in [1.82, 2.24) is 10.5 Å². The fourth-order valence-corrected chi connectivity index (χ4v) is 2.28. The maximum Gasteiger partial charge on any atom is 0.148 e. The number of nitrogens with one attached hydrogen (secondary N) is 1. The van der Waals surface area contributed by atoms with Gasteiger partial charge in [-0.3, -0.25) is 0 Å². The van der Waals surface area contributed by atoms with Crippen LogP contribution in [0.4, 0.5) is 0 Å². The molecule has 2 aromatic rings. The van der Waals surface area contributed by atoms with Crippen LogP contribution in [0.25, 0.3) is 10.9 Å². The molecular weight excluding hydrogens is 188 g/mol. The summed E-state index contributed by atoms with van der Waals surface area (Å²) in [5.41, 5.74) is 0.970. The molecule has 0 saturated carbocycles. The average molecular weight is 202 g/mol. The Hall–Kier alpha value is -1.35. The molecule has 3 nitrogen and oxygen atoms in total. The minimum atomic E-state index is 0.492. The third kappa shape index (κ3) is 1.53. The third-order valence-corrected chi connectivity index (χ3v) is 3.08. The van der Waals surface area contributed by atoms with Crippen molar-refractivity contribution in [3.8, 4) is 0 Å². The van der Waals surface area contributed by atoms with Gasteiger partial charge in [-0.2, -0.15) is 0 Å². The average Bonchev–Trinajstić information content (AvgIpc) is 2.74. The second kappa shape index (κ2) is 3.66. The van der Waals surface area contributed by atoms with Crippen LogP contribution in [0.15, 0.2) is 28.8 Å². The molecule has 2 heterocycles. The summed E-state index contributed by atoms with van der Waals surface area (Å²) >= 11 is 0. The number of hydrogen-bond donors (Lipinski definition) is 1. The molecule has 1 N–H and O–H groups in total. The zero-order valence-electron chi connectivity index (χ0n) is 8.57. The van der Waals surface area contributed by atoms with Crippen LogP contribution in [0.1, 0.15) is 24.5 Å². The van der Waals surface area contributed by atoms with E-state index in [0.717, 1.165) is 24.4 Å². The van der Waals surface area contributed by atoms with Gasteiger partial charge in [-0.25, -0.2) is 0 Å². The molecule has 0 radical (unpaired) electrons. The van der Waals surface area contributed by atoms with E-state index >= 15 is 0 Å². The lowest BCUT2D eigenvalue weighted by atomic mass is 9.95. The smallest absolute Gasteiger partial charge is 0.148 e. The summed E-state index contributed by atoms with van der Waals surface area (Å²) in [4.78, 5) is 0. The minimum absolute atomic E-state index is 0.492. The van der Waals surface area contributed by atoms with Crippen LogP contribution in [0, 0.1) is 0 Å². The summed E-state index contributed by atoms with van der Waals surface area (Å²) in [7, 11) is 0. The van der Waals surface area contributed by atoms with Gasteiger partial charge in [0.2, 0.25) is 0 Å². The molecule has 1 saturated heterocycles. The standard InChI is InChI=1S/C12H14N2O/c1-2-6-11-10(5-1)12(15-14-11)9-4-3-7-13-8-9/h1-2,5-6,9,13H,3-4,7-8H2/t9-/m0/s1. The Morgan fingerprint density at radius 2 is 2.27 bits per heavy atom. The van der Waals surface area contributed by atoms with Crippen molar-refractivity contribution in [2.45, 2.75) is 18.8 Å². The van der Waals surface area contributed by atoms with E-state index < -0.39 is 0 Å². The fourth-order valence-electron chi connectivity index (χ4n) is 2.28. The first kappa shape index (κ1) is 8.92. The molecule has 3 heteroatoms. The molecule has 1 aliphatic heterocycles. The molecular formula is C12H14N2O. The first-order valence-corrected chi connectivity index (χ1v) is 5.50. The van der Waals surface area contributed by atoms with Crippen molar-refractivity contribution in [3.05, 3.63) is 30.0 Å². The molecule has 1 aromatic heterocycles. The van der Waals surface area contributed by atoms with E-state index in [4.69, 9.17) is 4.52 Å². The zero-order valence-corrected chi connectivity index (χ0v) is 8.57. The summed E-state index contributed by atoms with van der Waals surface area (Å²) in [6, 6.07) is 8.13. The first-order valence-electron chi connectivity index (χ1n) is 5.50. The normalized spacial score (nSPS) is 22.0. The van der Waals surface area contributed by atoms with Gasteiger partial charge in [0, 0.05) is 17.8 Å². The van der Waals surface area contributed by atoms with E-state index in [1.807, 2.05) is 18.2 Å². The van der Waals surface area contributed by atoms with Gasteiger partial charge in [0.15, 0.2) is 0 Å². The number of piperidine rings is 1. The van der Waals surface area contributed by atoms with E-state index in [1.165, 1.54) is 18.2 Å². The molecule has 0 aliphatic carbocycles. The Morgan fingerprint density at radius 3 is 3.13 bits per heavy atom. The van der Waals surface area contributed by atoms with Gasteiger partial charge in [-0.05, 0) is 31.5 Å². The Kier molecular flexibility index (Phi) is 2.18. The SMILES string of the molecule is c1ccc2c([C@H]3CCCNC3)onc2c1. The summed E-state index contributed by atoms with van der Waals surface area (Å²) in [6.45, 7) is 2.14. The van der Waals surface area contributed by atoms with E-state index in [-0.39, 0.29) is 0 Å². The van der Waals surface area contributed by atoms with Crippen molar-refractivity contribution >= 4 is 10.9 Å². The third-order valence-electron chi connectivity index (χ3n) is 3.08. The lowest BCUT2D eigenvalue weighted by Gasteiger charge is -2.20. The number of aromatic nitrogens is 1. The van der Waals surface area contributed by atoms with Gasteiger partial charge in [-0.15, -0.1) is 0 Å². The topological polar surface area (TPSA) is 38.1 Å². The monoisotopic (exact) mass is 202 g/mol. The Bertz CT molecular complexity index is 457. The Balaban J connectivity index is 2.02. The maximum absolute atomic E-state index is 5.46. The molecule has 0 spiro atoms. The minimum Gasteiger partial charge on any atom is -0.360 e. The fraction of sp³-hybridized carbons (Fsp3) is 0.417. The van der Waals surface area contributed by atoms with Crippen LogP contribution in [0.2, 0.25) is 0 Å². The first-order chi connectivity index (χ1) is 7.45. The van der Waals surface area contributed by atoms with Gasteiger partial charge in [0.05, 0.1) is 0 Å². The van der Waals surface area contributed by atoms with Crippen LogP contribution in [0.3, 0.4) is 0 Å². The number of fused-ring (bicyclic) bond motifs is 1. The van der Waals surface area contributed by atoms with Crippen molar-refractivity contribution < 1.29 is 4.52 Å². The Morgan fingerprint density at radius 1 is 1.33 bits per heavy atom. The summed E-state index contributed by atoms with van der Waals surface area (Å²) in [6.07, 6.45) is 2.42. The Labute approximate surface area is 88.4 Å². The van der Waals surface area contributed by atoms with E-state index in [1.54, 1.807) is 0 Å². The van der Waals surface area contributed by atoms with Gasteiger partial charge in [0.25, 0.3) is 0 Å². The molecule has 0 bridgehead atoms. The summed E-state index contributed by atoms with van der Waals surface area (Å²) < 4.78 is 5.46. The highest BCUT2D eigenvalue weighted by atomic mass is 16.5. The van der Waals surface area contributed by atoms with Gasteiger partial charge in [0.1, 0.15) is 11.3 Å². The number of hydrogen-bond acceptors (Lipinski definition) is 3. The highest BCUT2D eigenvalue weighted by Crippen LogP contribution is 2.29.